The van der Waals surface area contributed by atoms with Crippen LogP contribution in [-0.4, -0.2) is 51.2 Å². The Hall–Kier alpha value is -6.51. The lowest BCUT2D eigenvalue weighted by molar-refractivity contribution is -0.143. The van der Waals surface area contributed by atoms with E-state index in [-0.39, 0.29) is 19.8 Å². The number of aromatic nitrogens is 2. The van der Waals surface area contributed by atoms with E-state index >= 15 is 0 Å². The molecule has 0 radical (unpaired) electrons. The standard InChI is InChI=1S/C43H41Cl2N3O6.C8H8N2O.C2H6/c1-27-33(25-53-40-12-11-29(23-49)15-38(40)44)6-3-9-36(27)37-10-4-7-34(28(37)2)26-54-42-17-41(52-24-31-14-30(18-46)19-47-20-31)35(16-39(42)45)22-48-13-5-8-32(21-48)43(50)51;1-11-6-8-2-7(3-9)4-10-5-8;1-2/h3-4,6-7,9-12,14-17,19-20,32,49H,5,8,13,21-26H2,1-2H3,(H,50,51);2,4-5H,6H2,1H3;1-2H3. The number of hydrogen-bond donors (Lipinski definition) is 2. The van der Waals surface area contributed by atoms with Crippen LogP contribution in [0, 0.1) is 42.4 Å². The van der Waals surface area contributed by atoms with Crippen LogP contribution in [0.4, 0.5) is 0 Å². The number of likely N-dealkylation sites (tertiary alicyclic amines) is 1. The summed E-state index contributed by atoms with van der Waals surface area (Å²) in [6.45, 7) is 11.0. The highest BCUT2D eigenvalue weighted by Crippen LogP contribution is 2.37. The average molecular weight is 945 g/mol. The van der Waals surface area contributed by atoms with Crippen molar-refractivity contribution in [2.75, 3.05) is 20.2 Å². The van der Waals surface area contributed by atoms with Gasteiger partial charge in [0.05, 0.1) is 40.3 Å². The number of carboxylic acids is 1. The van der Waals surface area contributed by atoms with E-state index in [2.05, 4.69) is 46.9 Å². The average Bonchev–Trinajstić information content (AvgIpc) is 3.35. The summed E-state index contributed by atoms with van der Waals surface area (Å²) < 4.78 is 23.7. The normalized spacial score (nSPS) is 13.1. The maximum absolute atomic E-state index is 11.7. The number of piperidine rings is 1. The highest BCUT2D eigenvalue weighted by atomic mass is 35.5. The second-order valence-electron chi connectivity index (χ2n) is 15.6. The lowest BCUT2D eigenvalue weighted by atomic mass is 9.92. The first-order chi connectivity index (χ1) is 32.5. The Kier molecular flexibility index (Phi) is 20.0. The van der Waals surface area contributed by atoms with Crippen molar-refractivity contribution in [1.82, 2.24) is 14.9 Å². The summed E-state index contributed by atoms with van der Waals surface area (Å²) in [6, 6.07) is 28.8. The fourth-order valence-electron chi connectivity index (χ4n) is 7.50. The zero-order chi connectivity index (χ0) is 48.3. The highest BCUT2D eigenvalue weighted by molar-refractivity contribution is 6.32. The van der Waals surface area contributed by atoms with E-state index in [1.54, 1.807) is 55.9 Å². The summed E-state index contributed by atoms with van der Waals surface area (Å²) in [4.78, 5) is 21.9. The summed E-state index contributed by atoms with van der Waals surface area (Å²) in [5, 5.41) is 37.7. The lowest BCUT2D eigenvalue weighted by Crippen LogP contribution is -2.38. The van der Waals surface area contributed by atoms with Gasteiger partial charge in [-0.3, -0.25) is 19.7 Å². The minimum Gasteiger partial charge on any atom is -0.488 e. The zero-order valence-corrected chi connectivity index (χ0v) is 39.9. The van der Waals surface area contributed by atoms with Crippen molar-refractivity contribution in [1.29, 1.82) is 10.5 Å². The number of carboxylic acid groups (broad SMARTS) is 1. The third kappa shape index (κ3) is 14.5. The number of nitrogens with zero attached hydrogens (tertiary/aromatic N) is 5. The maximum Gasteiger partial charge on any atom is 0.307 e. The number of carbonyl (C=O) groups is 1. The number of rotatable bonds is 16. The van der Waals surface area contributed by atoms with Gasteiger partial charge in [0.25, 0.3) is 0 Å². The number of methoxy groups -OCH3 is 1. The van der Waals surface area contributed by atoms with Gasteiger partial charge in [-0.1, -0.05) is 79.5 Å². The number of pyridine rings is 2. The number of hydrogen-bond acceptors (Lipinski definition) is 11. The maximum atomic E-state index is 11.7. The summed E-state index contributed by atoms with van der Waals surface area (Å²) in [5.74, 6) is 0.352. The molecule has 2 aromatic heterocycles. The Morgan fingerprint density at radius 3 is 1.84 bits per heavy atom. The van der Waals surface area contributed by atoms with Crippen molar-refractivity contribution < 1.29 is 34.0 Å². The molecule has 348 valence electrons. The minimum absolute atomic E-state index is 0.0887. The molecule has 14 heteroatoms. The van der Waals surface area contributed by atoms with Crippen molar-refractivity contribution in [2.45, 2.75) is 80.1 Å². The van der Waals surface area contributed by atoms with Gasteiger partial charge in [0, 0.05) is 62.2 Å². The fourth-order valence-corrected chi connectivity index (χ4v) is 8.00. The Labute approximate surface area is 402 Å². The Bertz CT molecular complexity index is 2700. The number of nitriles is 2. The molecule has 1 saturated heterocycles. The van der Waals surface area contributed by atoms with Crippen molar-refractivity contribution in [2.24, 2.45) is 5.92 Å². The smallest absolute Gasteiger partial charge is 0.307 e. The number of benzene rings is 4. The lowest BCUT2D eigenvalue weighted by Gasteiger charge is -2.31. The number of aliphatic carboxylic acids is 1. The zero-order valence-electron chi connectivity index (χ0n) is 38.4. The SMILES string of the molecule is CC.COCc1cncc(C#N)c1.Cc1c(COc2ccc(CO)cc2Cl)cccc1-c1cccc(COc2cc(OCc3cncc(C#N)c3)c(CN3CCCC(C(=O)O)C3)cc2Cl)c1C. The van der Waals surface area contributed by atoms with E-state index in [1.165, 1.54) is 12.4 Å². The molecule has 0 spiro atoms. The molecule has 67 heavy (non-hydrogen) atoms. The molecular formula is C53H55Cl2N5O7. The Morgan fingerprint density at radius 1 is 0.716 bits per heavy atom. The van der Waals surface area contributed by atoms with Crippen LogP contribution in [-0.2, 0) is 49.1 Å². The quantitative estimate of drug-likeness (QED) is 0.0942. The number of halogens is 2. The van der Waals surface area contributed by atoms with E-state index < -0.39 is 11.9 Å². The Balaban J connectivity index is 0.000000562. The number of ether oxygens (including phenoxy) is 4. The number of aliphatic hydroxyl groups excluding tert-OH is 1. The predicted molar refractivity (Wildman–Crippen MR) is 259 cm³/mol. The largest absolute Gasteiger partial charge is 0.488 e. The van der Waals surface area contributed by atoms with Crippen LogP contribution in [0.25, 0.3) is 11.1 Å². The second kappa shape index (κ2) is 26.0. The molecule has 3 heterocycles. The topological polar surface area (TPSA) is 171 Å². The summed E-state index contributed by atoms with van der Waals surface area (Å²) >= 11 is 13.2. The van der Waals surface area contributed by atoms with Crippen LogP contribution in [0.5, 0.6) is 17.2 Å². The molecule has 4 aromatic carbocycles. The van der Waals surface area contributed by atoms with E-state index in [9.17, 15) is 20.3 Å². The molecule has 0 aliphatic carbocycles. The molecule has 1 aliphatic heterocycles. The van der Waals surface area contributed by atoms with Gasteiger partial charge in [0.1, 0.15) is 49.2 Å². The summed E-state index contributed by atoms with van der Waals surface area (Å²) in [7, 11) is 1.61. The molecule has 6 aromatic rings. The number of aliphatic hydroxyl groups is 1. The van der Waals surface area contributed by atoms with E-state index in [4.69, 9.17) is 47.4 Å². The van der Waals surface area contributed by atoms with Crippen LogP contribution in [0.1, 0.15) is 82.3 Å². The van der Waals surface area contributed by atoms with Gasteiger partial charge in [0.2, 0.25) is 0 Å². The third-order valence-electron chi connectivity index (χ3n) is 11.0. The van der Waals surface area contributed by atoms with E-state index in [1.807, 2.05) is 50.2 Å². The Morgan fingerprint density at radius 2 is 1.28 bits per heavy atom. The van der Waals surface area contributed by atoms with Gasteiger partial charge >= 0.3 is 5.97 Å². The van der Waals surface area contributed by atoms with Crippen molar-refractivity contribution >= 4 is 29.2 Å². The second-order valence-corrected chi connectivity index (χ2v) is 16.4. The molecule has 0 saturated carbocycles. The van der Waals surface area contributed by atoms with Gasteiger partial charge < -0.3 is 29.2 Å². The molecule has 2 N–H and O–H groups in total. The molecule has 1 fully saturated rings. The van der Waals surface area contributed by atoms with E-state index in [0.29, 0.717) is 71.1 Å². The molecule has 12 nitrogen and oxygen atoms in total. The van der Waals surface area contributed by atoms with Gasteiger partial charge in [-0.05, 0) is 108 Å². The highest BCUT2D eigenvalue weighted by Gasteiger charge is 2.26. The first-order valence-corrected chi connectivity index (χ1v) is 22.6. The summed E-state index contributed by atoms with van der Waals surface area (Å²) in [6.07, 6.45) is 7.81. The predicted octanol–water partition coefficient (Wildman–Crippen LogP) is 11.2. The van der Waals surface area contributed by atoms with E-state index in [0.717, 1.165) is 68.6 Å². The first-order valence-electron chi connectivity index (χ1n) is 21.9. The molecule has 7 rings (SSSR count). The van der Waals surface area contributed by atoms with Crippen LogP contribution < -0.4 is 14.2 Å². The van der Waals surface area contributed by atoms with Crippen LogP contribution >= 0.6 is 23.2 Å². The molecular weight excluding hydrogens is 890 g/mol. The first kappa shape index (κ1) is 51.5. The van der Waals surface area contributed by atoms with Crippen LogP contribution in [0.15, 0.2) is 104 Å². The third-order valence-corrected chi connectivity index (χ3v) is 11.6. The molecule has 0 amide bonds. The monoisotopic (exact) mass is 943 g/mol. The molecule has 1 atom stereocenters. The van der Waals surface area contributed by atoms with Crippen LogP contribution in [0.2, 0.25) is 10.0 Å². The van der Waals surface area contributed by atoms with Gasteiger partial charge in [0.15, 0.2) is 0 Å². The van der Waals surface area contributed by atoms with Crippen molar-refractivity contribution in [3.05, 3.63) is 169 Å². The minimum atomic E-state index is -0.786. The molecule has 0 bridgehead atoms. The van der Waals surface area contributed by atoms with Gasteiger partial charge in [-0.2, -0.15) is 10.5 Å². The van der Waals surface area contributed by atoms with Crippen molar-refractivity contribution in [3.63, 3.8) is 0 Å². The molecule has 1 aliphatic rings. The molecule has 1 unspecified atom stereocenters. The van der Waals surface area contributed by atoms with Crippen molar-refractivity contribution in [3.8, 4) is 40.5 Å². The van der Waals surface area contributed by atoms with Gasteiger partial charge in [-0.25, -0.2) is 0 Å². The van der Waals surface area contributed by atoms with Gasteiger partial charge in [-0.15, -0.1) is 0 Å². The summed E-state index contributed by atoms with van der Waals surface area (Å²) in [5.41, 5.74) is 10.5. The fraction of sp³-hybridized carbons (Fsp3) is 0.302. The van der Waals surface area contributed by atoms with Crippen LogP contribution in [0.3, 0.4) is 0 Å².